The second-order valence-electron chi connectivity index (χ2n) is 4.22. The van der Waals surface area contributed by atoms with E-state index in [0.717, 1.165) is 0 Å². The first-order chi connectivity index (χ1) is 10.0. The van der Waals surface area contributed by atoms with Crippen LogP contribution in [0.5, 0.6) is 17.2 Å². The maximum atomic E-state index is 12.1. The summed E-state index contributed by atoms with van der Waals surface area (Å²) < 4.78 is 10.3. The lowest BCUT2D eigenvalue weighted by atomic mass is 10.2. The standard InChI is InChI=1S/C15H14ClNO4/c1-20-11-6-10(7-12(8-11)21-2)17-15(19)9-3-4-14(18)13(16)5-9/h3-8,18H,1-2H3,(H,17,19). The lowest BCUT2D eigenvalue weighted by Gasteiger charge is -2.10. The van der Waals surface area contributed by atoms with E-state index in [1.807, 2.05) is 0 Å². The maximum absolute atomic E-state index is 12.1. The number of amides is 1. The zero-order valence-corrected chi connectivity index (χ0v) is 12.3. The minimum atomic E-state index is -0.354. The van der Waals surface area contributed by atoms with Gasteiger partial charge in [0, 0.05) is 29.4 Å². The first-order valence-corrected chi connectivity index (χ1v) is 6.44. The van der Waals surface area contributed by atoms with Gasteiger partial charge in [-0.05, 0) is 18.2 Å². The summed E-state index contributed by atoms with van der Waals surface area (Å²) in [6, 6.07) is 9.28. The number of halogens is 1. The number of carbonyl (C=O) groups is 1. The first-order valence-electron chi connectivity index (χ1n) is 6.06. The van der Waals surface area contributed by atoms with E-state index in [4.69, 9.17) is 21.1 Å². The Morgan fingerprint density at radius 3 is 2.24 bits per heavy atom. The molecule has 0 fully saturated rings. The van der Waals surface area contributed by atoms with Gasteiger partial charge in [-0.15, -0.1) is 0 Å². The molecule has 0 saturated carbocycles. The number of methoxy groups -OCH3 is 2. The molecule has 0 radical (unpaired) electrons. The monoisotopic (exact) mass is 307 g/mol. The summed E-state index contributed by atoms with van der Waals surface area (Å²) in [7, 11) is 3.06. The molecule has 5 nitrogen and oxygen atoms in total. The molecule has 0 saturated heterocycles. The smallest absolute Gasteiger partial charge is 0.255 e. The summed E-state index contributed by atoms with van der Waals surface area (Å²) in [6.07, 6.45) is 0. The molecule has 2 aromatic rings. The highest BCUT2D eigenvalue weighted by Gasteiger charge is 2.10. The van der Waals surface area contributed by atoms with E-state index in [1.54, 1.807) is 18.2 Å². The fourth-order valence-corrected chi connectivity index (χ4v) is 1.91. The molecule has 0 aliphatic rings. The van der Waals surface area contributed by atoms with Crippen molar-refractivity contribution in [2.24, 2.45) is 0 Å². The van der Waals surface area contributed by atoms with Crippen molar-refractivity contribution in [1.29, 1.82) is 0 Å². The number of rotatable bonds is 4. The largest absolute Gasteiger partial charge is 0.506 e. The van der Waals surface area contributed by atoms with E-state index in [0.29, 0.717) is 22.7 Å². The highest BCUT2D eigenvalue weighted by Crippen LogP contribution is 2.27. The van der Waals surface area contributed by atoms with E-state index >= 15 is 0 Å². The summed E-state index contributed by atoms with van der Waals surface area (Å²) in [6.45, 7) is 0. The third-order valence-electron chi connectivity index (χ3n) is 2.82. The molecular weight excluding hydrogens is 294 g/mol. The van der Waals surface area contributed by atoms with Gasteiger partial charge in [0.25, 0.3) is 5.91 Å². The Hall–Kier alpha value is -2.40. The van der Waals surface area contributed by atoms with Gasteiger partial charge >= 0.3 is 0 Å². The minimum Gasteiger partial charge on any atom is -0.506 e. The third kappa shape index (κ3) is 3.58. The Morgan fingerprint density at radius 2 is 1.71 bits per heavy atom. The van der Waals surface area contributed by atoms with Crippen LogP contribution in [-0.4, -0.2) is 25.2 Å². The number of phenols is 1. The molecule has 1 amide bonds. The number of phenolic OH excluding ortho intramolecular Hbond substituents is 1. The second-order valence-corrected chi connectivity index (χ2v) is 4.63. The van der Waals surface area contributed by atoms with Gasteiger partial charge in [0.05, 0.1) is 19.2 Å². The van der Waals surface area contributed by atoms with Crippen molar-refractivity contribution < 1.29 is 19.4 Å². The molecule has 2 N–H and O–H groups in total. The molecule has 0 unspecified atom stereocenters. The Labute approximate surface area is 127 Å². The van der Waals surface area contributed by atoms with Gasteiger partial charge < -0.3 is 19.9 Å². The lowest BCUT2D eigenvalue weighted by Crippen LogP contribution is -2.12. The molecule has 0 aliphatic carbocycles. The molecule has 0 spiro atoms. The number of nitrogens with one attached hydrogen (secondary N) is 1. The Kier molecular flexibility index (Phi) is 4.55. The molecular formula is C15H14ClNO4. The maximum Gasteiger partial charge on any atom is 0.255 e. The van der Waals surface area contributed by atoms with Crippen molar-refractivity contribution in [2.75, 3.05) is 19.5 Å². The van der Waals surface area contributed by atoms with Gasteiger partial charge in [0.2, 0.25) is 0 Å². The minimum absolute atomic E-state index is 0.0729. The molecule has 21 heavy (non-hydrogen) atoms. The van der Waals surface area contributed by atoms with Crippen molar-refractivity contribution >= 4 is 23.2 Å². The van der Waals surface area contributed by atoms with Crippen molar-refractivity contribution in [3.8, 4) is 17.2 Å². The Balaban J connectivity index is 2.24. The zero-order chi connectivity index (χ0) is 15.4. The molecule has 0 aliphatic heterocycles. The van der Waals surface area contributed by atoms with Crippen LogP contribution >= 0.6 is 11.6 Å². The Morgan fingerprint density at radius 1 is 1.10 bits per heavy atom. The first kappa shape index (κ1) is 15.0. The molecule has 2 aromatic carbocycles. The predicted octanol–water partition coefficient (Wildman–Crippen LogP) is 3.32. The SMILES string of the molecule is COc1cc(NC(=O)c2ccc(O)c(Cl)c2)cc(OC)c1. The summed E-state index contributed by atoms with van der Waals surface area (Å²) in [4.78, 5) is 12.1. The number of aromatic hydroxyl groups is 1. The van der Waals surface area contributed by atoms with Gasteiger partial charge in [-0.1, -0.05) is 11.6 Å². The number of benzene rings is 2. The van der Waals surface area contributed by atoms with E-state index in [9.17, 15) is 9.90 Å². The van der Waals surface area contributed by atoms with Crippen LogP contribution < -0.4 is 14.8 Å². The van der Waals surface area contributed by atoms with Gasteiger partial charge in [0.1, 0.15) is 17.2 Å². The van der Waals surface area contributed by atoms with Gasteiger partial charge in [-0.2, -0.15) is 0 Å². The molecule has 0 bridgehead atoms. The van der Waals surface area contributed by atoms with Crippen LogP contribution in [0.1, 0.15) is 10.4 Å². The fraction of sp³-hybridized carbons (Fsp3) is 0.133. The van der Waals surface area contributed by atoms with Crippen molar-refractivity contribution in [2.45, 2.75) is 0 Å². The van der Waals surface area contributed by atoms with E-state index in [1.165, 1.54) is 32.4 Å². The number of hydrogen-bond acceptors (Lipinski definition) is 4. The average molecular weight is 308 g/mol. The summed E-state index contributed by atoms with van der Waals surface area (Å²) in [5.41, 5.74) is 0.861. The number of carbonyl (C=O) groups excluding carboxylic acids is 1. The van der Waals surface area contributed by atoms with Gasteiger partial charge in [-0.25, -0.2) is 0 Å². The number of ether oxygens (including phenoxy) is 2. The topological polar surface area (TPSA) is 67.8 Å². The molecule has 0 heterocycles. The molecule has 0 aromatic heterocycles. The van der Waals surface area contributed by atoms with E-state index in [2.05, 4.69) is 5.32 Å². The summed E-state index contributed by atoms with van der Waals surface area (Å²) >= 11 is 5.79. The molecule has 6 heteroatoms. The van der Waals surface area contributed by atoms with Crippen LogP contribution in [0.3, 0.4) is 0 Å². The molecule has 2 rings (SSSR count). The van der Waals surface area contributed by atoms with E-state index < -0.39 is 0 Å². The van der Waals surface area contributed by atoms with Crippen molar-refractivity contribution in [3.05, 3.63) is 47.0 Å². The molecule has 110 valence electrons. The Bertz CT molecular complexity index is 650. The fourth-order valence-electron chi connectivity index (χ4n) is 1.73. The number of anilines is 1. The van der Waals surface area contributed by atoms with Gasteiger partial charge in [0.15, 0.2) is 0 Å². The summed E-state index contributed by atoms with van der Waals surface area (Å²) in [5.74, 6) is 0.699. The van der Waals surface area contributed by atoms with Crippen LogP contribution in [0.25, 0.3) is 0 Å². The van der Waals surface area contributed by atoms with E-state index in [-0.39, 0.29) is 16.7 Å². The predicted molar refractivity (Wildman–Crippen MR) is 80.6 cm³/mol. The average Bonchev–Trinajstić information content (AvgIpc) is 2.49. The quantitative estimate of drug-likeness (QED) is 0.909. The van der Waals surface area contributed by atoms with Crippen molar-refractivity contribution in [3.63, 3.8) is 0 Å². The lowest BCUT2D eigenvalue weighted by molar-refractivity contribution is 0.102. The van der Waals surface area contributed by atoms with Crippen molar-refractivity contribution in [1.82, 2.24) is 0 Å². The van der Waals surface area contributed by atoms with Crippen LogP contribution in [0, 0.1) is 0 Å². The summed E-state index contributed by atoms with van der Waals surface area (Å²) in [5, 5.41) is 12.2. The highest BCUT2D eigenvalue weighted by molar-refractivity contribution is 6.32. The molecule has 0 atom stereocenters. The number of hydrogen-bond donors (Lipinski definition) is 2. The zero-order valence-electron chi connectivity index (χ0n) is 11.5. The van der Waals surface area contributed by atoms with Crippen LogP contribution in [0.2, 0.25) is 5.02 Å². The van der Waals surface area contributed by atoms with Gasteiger partial charge in [-0.3, -0.25) is 4.79 Å². The normalized spacial score (nSPS) is 10.0. The van der Waals surface area contributed by atoms with Crippen LogP contribution in [-0.2, 0) is 0 Å². The van der Waals surface area contributed by atoms with Crippen LogP contribution in [0.15, 0.2) is 36.4 Å². The second kappa shape index (κ2) is 6.37. The van der Waals surface area contributed by atoms with Crippen LogP contribution in [0.4, 0.5) is 5.69 Å². The third-order valence-corrected chi connectivity index (χ3v) is 3.12. The highest BCUT2D eigenvalue weighted by atomic mass is 35.5.